The number of benzene rings is 3. The van der Waals surface area contributed by atoms with E-state index in [0.29, 0.717) is 36.3 Å². The van der Waals surface area contributed by atoms with Gasteiger partial charge >= 0.3 is 11.9 Å². The van der Waals surface area contributed by atoms with E-state index in [1.807, 2.05) is 18.2 Å². The lowest BCUT2D eigenvalue weighted by molar-refractivity contribution is -0.186. The first-order chi connectivity index (χ1) is 20.8. The normalized spacial score (nSPS) is 18.3. The second kappa shape index (κ2) is 14.0. The van der Waals surface area contributed by atoms with Gasteiger partial charge in [-0.15, -0.1) is 5.10 Å². The van der Waals surface area contributed by atoms with Gasteiger partial charge in [-0.2, -0.15) is 0 Å². The van der Waals surface area contributed by atoms with Gasteiger partial charge < -0.3 is 18.9 Å². The number of hydrogen-bond acceptors (Lipinski definition) is 7. The number of hydrogen-bond donors (Lipinski definition) is 1. The molecule has 3 aromatic carbocycles. The predicted octanol–water partition coefficient (Wildman–Crippen LogP) is 7.16. The van der Waals surface area contributed by atoms with Crippen molar-refractivity contribution in [3.63, 3.8) is 0 Å². The molecule has 0 saturated carbocycles. The summed E-state index contributed by atoms with van der Waals surface area (Å²) in [6.45, 7) is 6.26. The number of carbonyl (C=O) groups is 2. The van der Waals surface area contributed by atoms with Crippen molar-refractivity contribution in [2.75, 3.05) is 6.61 Å². The largest absolute Gasteiger partial charge is 0.459 e. The lowest BCUT2D eigenvalue weighted by atomic mass is 9.97. The molecule has 1 fully saturated rings. The average Bonchev–Trinajstić information content (AvgIpc) is 3.40. The Balaban J connectivity index is 1.35. The molecule has 0 bridgehead atoms. The highest BCUT2D eigenvalue weighted by atomic mass is 79.9. The Labute approximate surface area is 259 Å². The smallest absolute Gasteiger partial charge is 0.338 e. The topological polar surface area (TPSA) is 99.7 Å². The Morgan fingerprint density at radius 2 is 1.65 bits per heavy atom. The molecule has 1 aliphatic heterocycles. The second-order valence-corrected chi connectivity index (χ2v) is 11.9. The molecule has 9 heteroatoms. The molecule has 0 spiro atoms. The van der Waals surface area contributed by atoms with Crippen LogP contribution in [0.15, 0.2) is 83.3 Å². The fourth-order valence-electron chi connectivity index (χ4n) is 5.11. The Morgan fingerprint density at radius 1 is 0.977 bits per heavy atom. The molecule has 0 aliphatic carbocycles. The van der Waals surface area contributed by atoms with Crippen molar-refractivity contribution in [3.05, 3.63) is 117 Å². The Hall–Kier alpha value is -3.95. The van der Waals surface area contributed by atoms with Crippen molar-refractivity contribution in [2.45, 2.75) is 64.4 Å². The average molecular weight is 648 g/mol. The Morgan fingerprint density at radius 3 is 2.30 bits per heavy atom. The van der Waals surface area contributed by atoms with Crippen LogP contribution in [0.4, 0.5) is 0 Å². The summed E-state index contributed by atoms with van der Waals surface area (Å²) in [5.74, 6) is -0.260. The highest BCUT2D eigenvalue weighted by Gasteiger charge is 2.35. The molecule has 1 N–H and O–H groups in total. The third kappa shape index (κ3) is 7.91. The summed E-state index contributed by atoms with van der Waals surface area (Å²) in [6.07, 6.45) is -0.592. The number of H-pyrrole nitrogens is 1. The summed E-state index contributed by atoms with van der Waals surface area (Å²) in [7, 11) is 0. The molecule has 0 radical (unpaired) electrons. The van der Waals surface area contributed by atoms with Gasteiger partial charge in [-0.05, 0) is 60.4 Å². The lowest BCUT2D eigenvalue weighted by Crippen LogP contribution is -2.43. The van der Waals surface area contributed by atoms with Crippen LogP contribution in [0.25, 0.3) is 0 Å². The molecular formula is C34H35BrN2O6. The standard InChI is InChI=1S/C34H35BrN2O6/c1-21(2)31-29(17-25-14-15-26(35)16-22(25)3)32(37-36-31)43-30-19-27(42-34(39)24-12-8-5-9-13-24)18-28(41-30)20-40-33(38)23-10-6-4-7-11-23/h4-16,21,27-28,30H,17-20H2,1-3H3,(H,36,37). The number of aromatic nitrogens is 2. The summed E-state index contributed by atoms with van der Waals surface area (Å²) in [4.78, 5) is 25.5. The summed E-state index contributed by atoms with van der Waals surface area (Å²) >= 11 is 3.54. The summed E-state index contributed by atoms with van der Waals surface area (Å²) in [5, 5.41) is 7.67. The number of esters is 2. The van der Waals surface area contributed by atoms with Crippen LogP contribution in [0.5, 0.6) is 5.88 Å². The molecule has 3 atom stereocenters. The number of ether oxygens (including phenoxy) is 4. The van der Waals surface area contributed by atoms with E-state index < -0.39 is 30.4 Å². The number of carbonyl (C=O) groups excluding carboxylic acids is 2. The molecule has 1 aliphatic rings. The fourth-order valence-corrected chi connectivity index (χ4v) is 5.58. The van der Waals surface area contributed by atoms with Gasteiger partial charge in [0.2, 0.25) is 12.2 Å². The van der Waals surface area contributed by atoms with Gasteiger partial charge in [0.15, 0.2) is 0 Å². The maximum Gasteiger partial charge on any atom is 0.338 e. The van der Waals surface area contributed by atoms with E-state index >= 15 is 0 Å². The third-order valence-electron chi connectivity index (χ3n) is 7.37. The van der Waals surface area contributed by atoms with Crippen LogP contribution in [0, 0.1) is 6.92 Å². The minimum atomic E-state index is -0.782. The molecule has 5 rings (SSSR count). The van der Waals surface area contributed by atoms with E-state index in [9.17, 15) is 9.59 Å². The maximum atomic E-state index is 12.9. The lowest BCUT2D eigenvalue weighted by Gasteiger charge is -2.34. The monoisotopic (exact) mass is 646 g/mol. The van der Waals surface area contributed by atoms with E-state index in [2.05, 4.69) is 59.0 Å². The zero-order valence-electron chi connectivity index (χ0n) is 24.4. The van der Waals surface area contributed by atoms with Gasteiger partial charge in [0, 0.05) is 35.0 Å². The Kier molecular flexibility index (Phi) is 9.94. The minimum Gasteiger partial charge on any atom is -0.459 e. The predicted molar refractivity (Wildman–Crippen MR) is 165 cm³/mol. The first-order valence-electron chi connectivity index (χ1n) is 14.4. The molecule has 1 aromatic heterocycles. The van der Waals surface area contributed by atoms with Crippen molar-refractivity contribution < 1.29 is 28.5 Å². The SMILES string of the molecule is Cc1cc(Br)ccc1Cc1c(OC2CC(OC(=O)c3ccccc3)CC(COC(=O)c3ccccc3)O2)n[nH]c1C(C)C. The highest BCUT2D eigenvalue weighted by Crippen LogP contribution is 2.32. The third-order valence-corrected chi connectivity index (χ3v) is 7.87. The molecule has 8 nitrogen and oxygen atoms in total. The number of nitrogens with zero attached hydrogens (tertiary/aromatic N) is 1. The fraction of sp³-hybridized carbons (Fsp3) is 0.324. The van der Waals surface area contributed by atoms with E-state index in [1.54, 1.807) is 48.5 Å². The number of rotatable bonds is 10. The number of nitrogens with one attached hydrogen (secondary N) is 1. The molecule has 3 unspecified atom stereocenters. The second-order valence-electron chi connectivity index (χ2n) is 11.0. The van der Waals surface area contributed by atoms with Crippen LogP contribution in [0.3, 0.4) is 0 Å². The number of aromatic amines is 1. The van der Waals surface area contributed by atoms with Crippen molar-refractivity contribution in [1.29, 1.82) is 0 Å². The number of halogens is 1. The van der Waals surface area contributed by atoms with E-state index in [1.165, 1.54) is 0 Å². The van der Waals surface area contributed by atoms with Crippen molar-refractivity contribution in [1.82, 2.24) is 10.2 Å². The van der Waals surface area contributed by atoms with Crippen LogP contribution in [0.1, 0.15) is 75.7 Å². The Bertz CT molecular complexity index is 1540. The zero-order valence-corrected chi connectivity index (χ0v) is 26.0. The molecule has 224 valence electrons. The van der Waals surface area contributed by atoms with E-state index in [4.69, 9.17) is 18.9 Å². The van der Waals surface area contributed by atoms with Gasteiger partial charge in [-0.25, -0.2) is 9.59 Å². The van der Waals surface area contributed by atoms with Gasteiger partial charge in [0.25, 0.3) is 0 Å². The van der Waals surface area contributed by atoms with Gasteiger partial charge in [-0.3, -0.25) is 5.10 Å². The molecule has 0 amide bonds. The van der Waals surface area contributed by atoms with Crippen molar-refractivity contribution in [3.8, 4) is 5.88 Å². The highest BCUT2D eigenvalue weighted by molar-refractivity contribution is 9.10. The van der Waals surface area contributed by atoms with Gasteiger partial charge in [0.05, 0.1) is 17.2 Å². The van der Waals surface area contributed by atoms with Crippen molar-refractivity contribution in [2.24, 2.45) is 0 Å². The van der Waals surface area contributed by atoms with Crippen LogP contribution < -0.4 is 4.74 Å². The molecule has 2 heterocycles. The van der Waals surface area contributed by atoms with E-state index in [0.717, 1.165) is 26.9 Å². The molecule has 1 saturated heterocycles. The first-order valence-corrected chi connectivity index (χ1v) is 15.2. The van der Waals surface area contributed by atoms with Crippen LogP contribution >= 0.6 is 15.9 Å². The molecular weight excluding hydrogens is 612 g/mol. The van der Waals surface area contributed by atoms with Crippen LogP contribution in [-0.2, 0) is 20.6 Å². The number of aryl methyl sites for hydroxylation is 1. The summed E-state index contributed by atoms with van der Waals surface area (Å²) in [5.41, 5.74) is 5.14. The van der Waals surface area contributed by atoms with Crippen LogP contribution in [0.2, 0.25) is 0 Å². The maximum absolute atomic E-state index is 12.9. The van der Waals surface area contributed by atoms with Gasteiger partial charge in [0.1, 0.15) is 12.7 Å². The summed E-state index contributed by atoms with van der Waals surface area (Å²) in [6, 6.07) is 23.8. The minimum absolute atomic E-state index is 0.0181. The van der Waals surface area contributed by atoms with Gasteiger partial charge in [-0.1, -0.05) is 72.2 Å². The van der Waals surface area contributed by atoms with Crippen molar-refractivity contribution >= 4 is 27.9 Å². The van der Waals surface area contributed by atoms with Crippen LogP contribution in [-0.4, -0.2) is 47.2 Å². The zero-order chi connectivity index (χ0) is 30.3. The summed E-state index contributed by atoms with van der Waals surface area (Å²) < 4.78 is 25.1. The first kappa shape index (κ1) is 30.5. The molecule has 43 heavy (non-hydrogen) atoms. The quantitative estimate of drug-likeness (QED) is 0.182. The van der Waals surface area contributed by atoms with E-state index in [-0.39, 0.29) is 12.5 Å². The molecule has 4 aromatic rings.